The number of sulfonamides is 1. The van der Waals surface area contributed by atoms with Gasteiger partial charge in [-0.2, -0.15) is 13.2 Å². The van der Waals surface area contributed by atoms with Crippen LogP contribution in [0.2, 0.25) is 0 Å². The first-order valence-corrected chi connectivity index (χ1v) is 9.30. The minimum absolute atomic E-state index is 0.111. The molecule has 25 heavy (non-hydrogen) atoms. The van der Waals surface area contributed by atoms with Gasteiger partial charge in [-0.25, -0.2) is 13.1 Å². The van der Waals surface area contributed by atoms with E-state index in [4.69, 9.17) is 0 Å². The van der Waals surface area contributed by atoms with Crippen LogP contribution in [0.4, 0.5) is 13.2 Å². The SMILES string of the molecule is O=S(=O)(CCNCc1ccc(C(F)(F)F)cc1)NCc1ccccc1. The highest BCUT2D eigenvalue weighted by Gasteiger charge is 2.29. The summed E-state index contributed by atoms with van der Waals surface area (Å²) in [4.78, 5) is 0. The summed E-state index contributed by atoms with van der Waals surface area (Å²) in [5.74, 6) is -0.111. The van der Waals surface area contributed by atoms with Crippen molar-refractivity contribution in [3.05, 3.63) is 71.3 Å². The molecule has 0 aliphatic rings. The fourth-order valence-electron chi connectivity index (χ4n) is 2.11. The fraction of sp³-hybridized carbons (Fsp3) is 0.294. The van der Waals surface area contributed by atoms with Gasteiger partial charge in [0.1, 0.15) is 0 Å². The molecule has 0 saturated carbocycles. The number of alkyl halides is 3. The van der Waals surface area contributed by atoms with Gasteiger partial charge in [0.25, 0.3) is 0 Å². The minimum atomic E-state index is -4.36. The van der Waals surface area contributed by atoms with Crippen molar-refractivity contribution in [1.82, 2.24) is 10.0 Å². The summed E-state index contributed by atoms with van der Waals surface area (Å²) in [6.45, 7) is 0.722. The third kappa shape index (κ3) is 6.85. The van der Waals surface area contributed by atoms with Gasteiger partial charge in [0.2, 0.25) is 10.0 Å². The zero-order valence-electron chi connectivity index (χ0n) is 13.4. The summed E-state index contributed by atoms with van der Waals surface area (Å²) in [5, 5.41) is 2.91. The van der Waals surface area contributed by atoms with Crippen molar-refractivity contribution in [3.63, 3.8) is 0 Å². The third-order valence-electron chi connectivity index (χ3n) is 3.50. The minimum Gasteiger partial charge on any atom is -0.312 e. The fourth-order valence-corrected chi connectivity index (χ4v) is 3.06. The van der Waals surface area contributed by atoms with Crippen molar-refractivity contribution in [2.24, 2.45) is 0 Å². The van der Waals surface area contributed by atoms with E-state index in [-0.39, 0.29) is 18.8 Å². The molecule has 2 N–H and O–H groups in total. The molecule has 8 heteroatoms. The number of hydrogen-bond donors (Lipinski definition) is 2. The van der Waals surface area contributed by atoms with Gasteiger partial charge in [-0.05, 0) is 23.3 Å². The second-order valence-corrected chi connectivity index (χ2v) is 7.42. The Balaban J connectivity index is 1.73. The molecule has 2 aromatic carbocycles. The molecule has 0 radical (unpaired) electrons. The Bertz CT molecular complexity index is 761. The van der Waals surface area contributed by atoms with E-state index >= 15 is 0 Å². The largest absolute Gasteiger partial charge is 0.416 e. The zero-order chi connectivity index (χ0) is 18.3. The van der Waals surface area contributed by atoms with E-state index in [2.05, 4.69) is 10.0 Å². The number of nitrogens with one attached hydrogen (secondary N) is 2. The van der Waals surface area contributed by atoms with Crippen LogP contribution in [-0.2, 0) is 29.3 Å². The summed E-state index contributed by atoms with van der Waals surface area (Å²) in [6, 6.07) is 13.9. The molecule has 0 aliphatic carbocycles. The average Bonchev–Trinajstić information content (AvgIpc) is 2.58. The maximum Gasteiger partial charge on any atom is 0.416 e. The first kappa shape index (κ1) is 19.4. The smallest absolute Gasteiger partial charge is 0.312 e. The van der Waals surface area contributed by atoms with Crippen LogP contribution >= 0.6 is 0 Å². The lowest BCUT2D eigenvalue weighted by atomic mass is 10.1. The molecular weight excluding hydrogens is 353 g/mol. The van der Waals surface area contributed by atoms with Crippen LogP contribution in [0.1, 0.15) is 16.7 Å². The standard InChI is InChI=1S/C17H19F3N2O2S/c18-17(19,20)16-8-6-15(7-9-16)12-21-10-11-25(23,24)22-13-14-4-2-1-3-5-14/h1-9,21-22H,10-13H2. The average molecular weight is 372 g/mol. The normalized spacial score (nSPS) is 12.3. The van der Waals surface area contributed by atoms with Crippen molar-refractivity contribution in [2.75, 3.05) is 12.3 Å². The molecular formula is C17H19F3N2O2S. The van der Waals surface area contributed by atoms with Crippen LogP contribution in [0.3, 0.4) is 0 Å². The van der Waals surface area contributed by atoms with Gasteiger partial charge in [0.05, 0.1) is 11.3 Å². The van der Waals surface area contributed by atoms with Crippen LogP contribution in [0.25, 0.3) is 0 Å². The molecule has 0 amide bonds. The molecule has 0 atom stereocenters. The highest BCUT2D eigenvalue weighted by molar-refractivity contribution is 7.89. The topological polar surface area (TPSA) is 58.2 Å². The molecule has 0 fully saturated rings. The predicted octanol–water partition coefficient (Wildman–Crippen LogP) is 2.91. The number of halogens is 3. The molecule has 0 bridgehead atoms. The molecule has 2 aromatic rings. The Kier molecular flexibility index (Phi) is 6.57. The summed E-state index contributed by atoms with van der Waals surface area (Å²) in [5.41, 5.74) is 0.815. The predicted molar refractivity (Wildman–Crippen MR) is 90.2 cm³/mol. The monoisotopic (exact) mass is 372 g/mol. The molecule has 0 unspecified atom stereocenters. The Morgan fingerprint density at radius 2 is 1.44 bits per heavy atom. The Hall–Kier alpha value is -1.90. The number of rotatable bonds is 8. The van der Waals surface area contributed by atoms with E-state index < -0.39 is 21.8 Å². The maximum absolute atomic E-state index is 12.5. The van der Waals surface area contributed by atoms with Crippen molar-refractivity contribution in [2.45, 2.75) is 19.3 Å². The van der Waals surface area contributed by atoms with Crippen LogP contribution in [0.5, 0.6) is 0 Å². The quantitative estimate of drug-likeness (QED) is 0.701. The van der Waals surface area contributed by atoms with Crippen LogP contribution < -0.4 is 10.0 Å². The van der Waals surface area contributed by atoms with E-state index in [1.54, 1.807) is 0 Å². The van der Waals surface area contributed by atoms with Crippen molar-refractivity contribution >= 4 is 10.0 Å². The molecule has 0 aromatic heterocycles. The van der Waals surface area contributed by atoms with Crippen LogP contribution in [0, 0.1) is 0 Å². The van der Waals surface area contributed by atoms with Crippen molar-refractivity contribution in [3.8, 4) is 0 Å². The first-order valence-electron chi connectivity index (χ1n) is 7.64. The van der Waals surface area contributed by atoms with Crippen molar-refractivity contribution in [1.29, 1.82) is 0 Å². The third-order valence-corrected chi connectivity index (χ3v) is 4.82. The number of hydrogen-bond acceptors (Lipinski definition) is 3. The summed E-state index contributed by atoms with van der Waals surface area (Å²) in [6.07, 6.45) is -4.36. The van der Waals surface area contributed by atoms with Crippen LogP contribution in [0.15, 0.2) is 54.6 Å². The highest BCUT2D eigenvalue weighted by atomic mass is 32.2. The summed E-state index contributed by atoms with van der Waals surface area (Å²) >= 11 is 0. The first-order chi connectivity index (χ1) is 11.8. The van der Waals surface area contributed by atoms with Gasteiger partial charge in [0.15, 0.2) is 0 Å². The lowest BCUT2D eigenvalue weighted by Crippen LogP contribution is -2.31. The van der Waals surface area contributed by atoms with Gasteiger partial charge in [-0.15, -0.1) is 0 Å². The van der Waals surface area contributed by atoms with Gasteiger partial charge in [-0.3, -0.25) is 0 Å². The summed E-state index contributed by atoms with van der Waals surface area (Å²) < 4.78 is 63.7. The molecule has 136 valence electrons. The van der Waals surface area contributed by atoms with Gasteiger partial charge < -0.3 is 5.32 Å². The van der Waals surface area contributed by atoms with E-state index in [1.807, 2.05) is 30.3 Å². The van der Waals surface area contributed by atoms with E-state index in [1.165, 1.54) is 12.1 Å². The van der Waals surface area contributed by atoms with E-state index in [0.29, 0.717) is 12.1 Å². The molecule has 0 spiro atoms. The van der Waals surface area contributed by atoms with Crippen molar-refractivity contribution < 1.29 is 21.6 Å². The highest BCUT2D eigenvalue weighted by Crippen LogP contribution is 2.28. The molecule has 0 aliphatic heterocycles. The zero-order valence-corrected chi connectivity index (χ0v) is 14.2. The Morgan fingerprint density at radius 1 is 0.840 bits per heavy atom. The molecule has 4 nitrogen and oxygen atoms in total. The van der Waals surface area contributed by atoms with E-state index in [9.17, 15) is 21.6 Å². The Morgan fingerprint density at radius 3 is 2.04 bits per heavy atom. The van der Waals surface area contributed by atoms with Crippen LogP contribution in [-0.4, -0.2) is 20.7 Å². The Labute approximate surface area is 145 Å². The molecule has 0 saturated heterocycles. The lowest BCUT2D eigenvalue weighted by Gasteiger charge is -2.09. The van der Waals surface area contributed by atoms with Gasteiger partial charge in [0, 0.05) is 19.6 Å². The van der Waals surface area contributed by atoms with Gasteiger partial charge in [-0.1, -0.05) is 42.5 Å². The van der Waals surface area contributed by atoms with E-state index in [0.717, 1.165) is 17.7 Å². The lowest BCUT2D eigenvalue weighted by molar-refractivity contribution is -0.137. The number of benzene rings is 2. The van der Waals surface area contributed by atoms with Gasteiger partial charge >= 0.3 is 6.18 Å². The molecule has 2 rings (SSSR count). The second-order valence-electron chi connectivity index (χ2n) is 5.50. The molecule has 0 heterocycles. The maximum atomic E-state index is 12.5. The summed E-state index contributed by atoms with van der Waals surface area (Å²) in [7, 11) is -3.42. The second kappa shape index (κ2) is 8.46.